The van der Waals surface area contributed by atoms with Gasteiger partial charge in [-0.25, -0.2) is 4.39 Å². The number of benzene rings is 1. The molecule has 1 aliphatic carbocycles. The van der Waals surface area contributed by atoms with Crippen molar-refractivity contribution in [3.63, 3.8) is 0 Å². The third-order valence-corrected chi connectivity index (χ3v) is 3.17. The van der Waals surface area contributed by atoms with Crippen molar-refractivity contribution in [2.24, 2.45) is 0 Å². The van der Waals surface area contributed by atoms with Gasteiger partial charge < -0.3 is 15.7 Å². The van der Waals surface area contributed by atoms with Gasteiger partial charge in [-0.1, -0.05) is 0 Å². The fraction of sp³-hybridized carbons (Fsp3) is 0.417. The lowest BCUT2D eigenvalue weighted by atomic mass is 10.1. The van der Waals surface area contributed by atoms with Gasteiger partial charge in [0.2, 0.25) is 0 Å². The molecule has 0 aliphatic heterocycles. The van der Waals surface area contributed by atoms with Crippen molar-refractivity contribution in [2.75, 3.05) is 18.9 Å². The smallest absolute Gasteiger partial charge is 0.293 e. The molecule has 1 aromatic rings. The van der Waals surface area contributed by atoms with E-state index < -0.39 is 33.6 Å². The molecule has 3 N–H and O–H groups in total. The highest BCUT2D eigenvalue weighted by molar-refractivity contribution is 6.01. The third kappa shape index (κ3) is 2.55. The Bertz CT molecular complexity index is 560. The summed E-state index contributed by atoms with van der Waals surface area (Å²) in [5.74, 6) is -1.62. The van der Waals surface area contributed by atoms with Crippen molar-refractivity contribution in [1.29, 1.82) is 0 Å². The summed E-state index contributed by atoms with van der Waals surface area (Å²) in [5.41, 5.74) is 4.06. The SMILES string of the molecule is Nc1c([N+](=O)[O-])ccc(F)c1C(=O)N(CCO)C1CC1. The molecular formula is C12H14FN3O4. The summed E-state index contributed by atoms with van der Waals surface area (Å²) in [4.78, 5) is 23.6. The molecule has 0 saturated heterocycles. The van der Waals surface area contributed by atoms with Gasteiger partial charge in [-0.2, -0.15) is 0 Å². The molecule has 108 valence electrons. The average Bonchev–Trinajstić information content (AvgIpc) is 3.19. The molecule has 0 aromatic heterocycles. The number of nitrogens with two attached hydrogens (primary N) is 1. The van der Waals surface area contributed by atoms with E-state index in [1.54, 1.807) is 0 Å². The number of hydrogen-bond acceptors (Lipinski definition) is 5. The summed E-state index contributed by atoms with van der Waals surface area (Å²) in [6.07, 6.45) is 1.53. The van der Waals surface area contributed by atoms with Crippen LogP contribution in [-0.4, -0.2) is 40.0 Å². The molecule has 1 saturated carbocycles. The molecule has 0 radical (unpaired) electrons. The standard InChI is InChI=1S/C12H14FN3O4/c13-8-3-4-9(16(19)20)11(14)10(8)12(18)15(5-6-17)7-1-2-7/h3-4,7,17H,1-2,5-6,14H2. The number of carbonyl (C=O) groups excluding carboxylic acids is 1. The zero-order valence-electron chi connectivity index (χ0n) is 10.6. The van der Waals surface area contributed by atoms with Gasteiger partial charge >= 0.3 is 0 Å². The van der Waals surface area contributed by atoms with Gasteiger partial charge in [-0.3, -0.25) is 14.9 Å². The first-order valence-corrected chi connectivity index (χ1v) is 6.11. The quantitative estimate of drug-likeness (QED) is 0.474. The van der Waals surface area contributed by atoms with Crippen molar-refractivity contribution in [2.45, 2.75) is 18.9 Å². The molecule has 20 heavy (non-hydrogen) atoms. The van der Waals surface area contributed by atoms with E-state index in [-0.39, 0.29) is 19.2 Å². The second-order valence-corrected chi connectivity index (χ2v) is 4.57. The number of nitrogens with zero attached hydrogens (tertiary/aromatic N) is 2. The minimum atomic E-state index is -0.901. The highest BCUT2D eigenvalue weighted by atomic mass is 19.1. The minimum absolute atomic E-state index is 0.0467. The summed E-state index contributed by atoms with van der Waals surface area (Å²) in [7, 11) is 0. The number of nitro groups is 1. The van der Waals surface area contributed by atoms with Crippen LogP contribution in [0.2, 0.25) is 0 Å². The average molecular weight is 283 g/mol. The number of rotatable bonds is 5. The number of nitro benzene ring substituents is 1. The maximum atomic E-state index is 13.8. The van der Waals surface area contributed by atoms with Crippen LogP contribution in [0.25, 0.3) is 0 Å². The van der Waals surface area contributed by atoms with Crippen LogP contribution in [0.5, 0.6) is 0 Å². The molecule has 0 heterocycles. The largest absolute Gasteiger partial charge is 0.395 e. The van der Waals surface area contributed by atoms with E-state index in [9.17, 15) is 19.3 Å². The second-order valence-electron chi connectivity index (χ2n) is 4.57. The van der Waals surface area contributed by atoms with Crippen LogP contribution in [-0.2, 0) is 0 Å². The Labute approximate surface area is 113 Å². The first kappa shape index (κ1) is 14.2. The van der Waals surface area contributed by atoms with E-state index in [2.05, 4.69) is 0 Å². The van der Waals surface area contributed by atoms with Crippen molar-refractivity contribution in [1.82, 2.24) is 4.90 Å². The Morgan fingerprint density at radius 1 is 1.55 bits per heavy atom. The fourth-order valence-corrected chi connectivity index (χ4v) is 2.05. The zero-order chi connectivity index (χ0) is 14.9. The normalized spacial score (nSPS) is 14.1. The molecule has 1 fully saturated rings. The van der Waals surface area contributed by atoms with Crippen molar-refractivity contribution in [3.8, 4) is 0 Å². The van der Waals surface area contributed by atoms with E-state index in [0.717, 1.165) is 25.0 Å². The molecule has 0 spiro atoms. The van der Waals surface area contributed by atoms with Gasteiger partial charge in [0.1, 0.15) is 17.1 Å². The van der Waals surface area contributed by atoms with Gasteiger partial charge in [0.15, 0.2) is 0 Å². The van der Waals surface area contributed by atoms with Gasteiger partial charge in [0, 0.05) is 18.7 Å². The number of aliphatic hydroxyl groups excluding tert-OH is 1. The Hall–Kier alpha value is -2.22. The maximum absolute atomic E-state index is 13.8. The van der Waals surface area contributed by atoms with Crippen LogP contribution in [0.15, 0.2) is 12.1 Å². The molecule has 0 atom stereocenters. The van der Waals surface area contributed by atoms with Crippen LogP contribution in [0.4, 0.5) is 15.8 Å². The number of carbonyl (C=O) groups is 1. The molecule has 1 amide bonds. The van der Waals surface area contributed by atoms with Crippen LogP contribution < -0.4 is 5.73 Å². The van der Waals surface area contributed by atoms with Gasteiger partial charge in [-0.15, -0.1) is 0 Å². The van der Waals surface area contributed by atoms with Crippen LogP contribution >= 0.6 is 0 Å². The van der Waals surface area contributed by atoms with E-state index >= 15 is 0 Å². The van der Waals surface area contributed by atoms with Crippen LogP contribution in [0.1, 0.15) is 23.2 Å². The Morgan fingerprint density at radius 2 is 2.20 bits per heavy atom. The topological polar surface area (TPSA) is 110 Å². The molecule has 2 rings (SSSR count). The van der Waals surface area contributed by atoms with Crippen molar-refractivity contribution in [3.05, 3.63) is 33.6 Å². The third-order valence-electron chi connectivity index (χ3n) is 3.17. The van der Waals surface area contributed by atoms with Gasteiger partial charge in [-0.05, 0) is 18.9 Å². The van der Waals surface area contributed by atoms with E-state index in [1.807, 2.05) is 0 Å². The number of hydrogen-bond donors (Lipinski definition) is 2. The highest BCUT2D eigenvalue weighted by Crippen LogP contribution is 2.32. The molecule has 8 heteroatoms. The number of halogens is 1. The lowest BCUT2D eigenvalue weighted by molar-refractivity contribution is -0.384. The molecule has 0 bridgehead atoms. The number of anilines is 1. The molecule has 1 aromatic carbocycles. The summed E-state index contributed by atoms with van der Waals surface area (Å²) in [6, 6.07) is 1.72. The van der Waals surface area contributed by atoms with Crippen LogP contribution in [0.3, 0.4) is 0 Å². The van der Waals surface area contributed by atoms with Gasteiger partial charge in [0.05, 0.1) is 11.5 Å². The lowest BCUT2D eigenvalue weighted by Gasteiger charge is -2.22. The predicted octanol–water partition coefficient (Wildman–Crippen LogP) is 0.913. The van der Waals surface area contributed by atoms with E-state index in [0.29, 0.717) is 0 Å². The Balaban J connectivity index is 2.42. The minimum Gasteiger partial charge on any atom is -0.395 e. The first-order valence-electron chi connectivity index (χ1n) is 6.11. The van der Waals surface area contributed by atoms with Crippen LogP contribution in [0, 0.1) is 15.9 Å². The van der Waals surface area contributed by atoms with E-state index in [1.165, 1.54) is 4.90 Å². The summed E-state index contributed by atoms with van der Waals surface area (Å²) in [5, 5.41) is 19.8. The Morgan fingerprint density at radius 3 is 2.70 bits per heavy atom. The number of nitrogen functional groups attached to an aromatic ring is 1. The highest BCUT2D eigenvalue weighted by Gasteiger charge is 2.35. The zero-order valence-corrected chi connectivity index (χ0v) is 10.6. The Kier molecular flexibility index (Phi) is 3.84. The lowest BCUT2D eigenvalue weighted by Crippen LogP contribution is -2.36. The number of aliphatic hydroxyl groups is 1. The first-order chi connectivity index (χ1) is 9.47. The summed E-state index contributed by atoms with van der Waals surface area (Å²) >= 11 is 0. The predicted molar refractivity (Wildman–Crippen MR) is 68.6 cm³/mol. The monoisotopic (exact) mass is 283 g/mol. The van der Waals surface area contributed by atoms with Gasteiger partial charge in [0.25, 0.3) is 11.6 Å². The fourth-order valence-electron chi connectivity index (χ4n) is 2.05. The summed E-state index contributed by atoms with van der Waals surface area (Å²) < 4.78 is 13.8. The van der Waals surface area contributed by atoms with E-state index in [4.69, 9.17) is 10.8 Å². The molecule has 1 aliphatic rings. The molecular weight excluding hydrogens is 269 g/mol. The molecule has 0 unspecified atom stereocenters. The van der Waals surface area contributed by atoms with Crippen molar-refractivity contribution < 1.29 is 19.2 Å². The maximum Gasteiger partial charge on any atom is 0.293 e. The van der Waals surface area contributed by atoms with Crippen molar-refractivity contribution >= 4 is 17.3 Å². The molecule has 7 nitrogen and oxygen atoms in total. The second kappa shape index (κ2) is 5.41. The number of amides is 1. The summed E-state index contributed by atoms with van der Waals surface area (Å²) in [6.45, 7) is -0.218.